The Labute approximate surface area is 147 Å². The van der Waals surface area contributed by atoms with Gasteiger partial charge in [-0.1, -0.05) is 17.8 Å². The van der Waals surface area contributed by atoms with E-state index >= 15 is 0 Å². The zero-order valence-corrected chi connectivity index (χ0v) is 14.7. The zero-order chi connectivity index (χ0) is 18.0. The number of rotatable bonds is 6. The van der Waals surface area contributed by atoms with Gasteiger partial charge in [0.2, 0.25) is 0 Å². The van der Waals surface area contributed by atoms with Gasteiger partial charge >= 0.3 is 6.61 Å². The molecule has 0 spiro atoms. The lowest BCUT2D eigenvalue weighted by molar-refractivity contribution is -0.0512. The number of alkyl halides is 2. The van der Waals surface area contributed by atoms with E-state index in [4.69, 9.17) is 4.74 Å². The molecule has 0 bridgehead atoms. The number of halogens is 2. The van der Waals surface area contributed by atoms with Gasteiger partial charge in [0.1, 0.15) is 5.82 Å². The molecule has 0 radical (unpaired) electrons. The molecule has 0 saturated carbocycles. The van der Waals surface area contributed by atoms with Crippen molar-refractivity contribution in [2.24, 2.45) is 0 Å². The number of methoxy groups -OCH3 is 1. The first-order valence-corrected chi connectivity index (χ1v) is 8.40. The van der Waals surface area contributed by atoms with Crippen LogP contribution in [-0.4, -0.2) is 33.3 Å². The molecule has 3 aromatic rings. The molecular weight excluding hydrogens is 350 g/mol. The number of nitrogens with zero attached hydrogens (tertiary/aromatic N) is 4. The Balaban J connectivity index is 1.80. The van der Waals surface area contributed by atoms with Crippen LogP contribution in [-0.2, 0) is 5.75 Å². The number of fused-ring (bicyclic) bond motifs is 1. The second kappa shape index (κ2) is 7.22. The Hall–Kier alpha value is -2.42. The number of thioether (sulfide) groups is 1. The molecule has 0 fully saturated rings. The van der Waals surface area contributed by atoms with Gasteiger partial charge in [-0.3, -0.25) is 4.40 Å². The Morgan fingerprint density at radius 3 is 2.68 bits per heavy atom. The highest BCUT2D eigenvalue weighted by atomic mass is 32.2. The minimum Gasteiger partial charge on any atom is -0.493 e. The Morgan fingerprint density at radius 1 is 1.16 bits per heavy atom. The maximum Gasteiger partial charge on any atom is 0.387 e. The molecule has 0 saturated heterocycles. The van der Waals surface area contributed by atoms with Crippen LogP contribution in [0, 0.1) is 13.8 Å². The van der Waals surface area contributed by atoms with Crippen molar-refractivity contribution in [3.63, 3.8) is 0 Å². The predicted molar refractivity (Wildman–Crippen MR) is 89.4 cm³/mol. The molecular formula is C16H16F2N4O2S. The molecule has 2 aromatic heterocycles. The molecule has 6 nitrogen and oxygen atoms in total. The van der Waals surface area contributed by atoms with Crippen LogP contribution < -0.4 is 9.47 Å². The first kappa shape index (κ1) is 17.4. The monoisotopic (exact) mass is 366 g/mol. The number of hydrogen-bond donors (Lipinski definition) is 0. The van der Waals surface area contributed by atoms with Gasteiger partial charge in [0.25, 0.3) is 0 Å². The van der Waals surface area contributed by atoms with E-state index in [1.165, 1.54) is 24.9 Å². The summed E-state index contributed by atoms with van der Waals surface area (Å²) in [5.41, 5.74) is 2.51. The smallest absolute Gasteiger partial charge is 0.387 e. The van der Waals surface area contributed by atoms with E-state index in [0.717, 1.165) is 22.7 Å². The van der Waals surface area contributed by atoms with E-state index in [-0.39, 0.29) is 11.5 Å². The fraction of sp³-hybridized carbons (Fsp3) is 0.312. The molecule has 0 aliphatic rings. The van der Waals surface area contributed by atoms with Gasteiger partial charge in [-0.05, 0) is 31.5 Å². The van der Waals surface area contributed by atoms with E-state index in [1.54, 1.807) is 12.1 Å². The van der Waals surface area contributed by atoms with Crippen LogP contribution in [0.3, 0.4) is 0 Å². The molecule has 132 valence electrons. The predicted octanol–water partition coefficient (Wildman–Crippen LogP) is 3.64. The maximum absolute atomic E-state index is 12.4. The molecule has 0 amide bonds. The largest absolute Gasteiger partial charge is 0.493 e. The van der Waals surface area contributed by atoms with E-state index in [2.05, 4.69) is 19.9 Å². The number of benzene rings is 1. The van der Waals surface area contributed by atoms with Gasteiger partial charge in [0.15, 0.2) is 22.3 Å². The van der Waals surface area contributed by atoms with Crippen LogP contribution in [0.15, 0.2) is 29.4 Å². The molecule has 25 heavy (non-hydrogen) atoms. The van der Waals surface area contributed by atoms with E-state index in [1.807, 2.05) is 24.3 Å². The highest BCUT2D eigenvalue weighted by molar-refractivity contribution is 7.98. The minimum absolute atomic E-state index is 0.00898. The normalized spacial score (nSPS) is 11.3. The highest BCUT2D eigenvalue weighted by Gasteiger charge is 2.13. The van der Waals surface area contributed by atoms with Gasteiger partial charge in [-0.15, -0.1) is 10.2 Å². The lowest BCUT2D eigenvalue weighted by Crippen LogP contribution is -2.03. The summed E-state index contributed by atoms with van der Waals surface area (Å²) in [6.07, 6.45) is 0. The van der Waals surface area contributed by atoms with Gasteiger partial charge in [-0.25, -0.2) is 4.98 Å². The second-order valence-corrected chi connectivity index (χ2v) is 6.22. The summed E-state index contributed by atoms with van der Waals surface area (Å²) in [6.45, 7) is 0.909. The zero-order valence-electron chi connectivity index (χ0n) is 13.9. The van der Waals surface area contributed by atoms with Crippen molar-refractivity contribution in [1.29, 1.82) is 0 Å². The molecule has 1 aromatic carbocycles. The summed E-state index contributed by atoms with van der Waals surface area (Å²) < 4.78 is 36.2. The molecule has 3 rings (SSSR count). The molecule has 0 unspecified atom stereocenters. The standard InChI is InChI=1S/C16H16F2N4O2S/c1-9-6-14-20-21-16(22(14)10(2)19-9)25-8-11-4-5-12(24-15(17)18)13(7-11)23-3/h4-7,15H,8H2,1-3H3. The van der Waals surface area contributed by atoms with Gasteiger partial charge in [-0.2, -0.15) is 8.78 Å². The van der Waals surface area contributed by atoms with E-state index < -0.39 is 6.61 Å². The van der Waals surface area contributed by atoms with Crippen molar-refractivity contribution in [3.05, 3.63) is 41.3 Å². The third-order valence-electron chi connectivity index (χ3n) is 3.47. The fourth-order valence-electron chi connectivity index (χ4n) is 2.44. The average Bonchev–Trinajstić information content (AvgIpc) is 2.96. The van der Waals surface area contributed by atoms with Crippen LogP contribution >= 0.6 is 11.8 Å². The van der Waals surface area contributed by atoms with Crippen molar-refractivity contribution >= 4 is 17.4 Å². The molecule has 2 heterocycles. The molecule has 0 N–H and O–H groups in total. The van der Waals surface area contributed by atoms with Crippen molar-refractivity contribution in [3.8, 4) is 11.5 Å². The first-order chi connectivity index (χ1) is 12.0. The molecule has 0 aliphatic heterocycles. The van der Waals surface area contributed by atoms with Crippen LogP contribution in [0.25, 0.3) is 5.65 Å². The number of ether oxygens (including phenoxy) is 2. The van der Waals surface area contributed by atoms with E-state index in [9.17, 15) is 8.78 Å². The van der Waals surface area contributed by atoms with Crippen molar-refractivity contribution in [2.75, 3.05) is 7.11 Å². The van der Waals surface area contributed by atoms with Crippen LogP contribution in [0.5, 0.6) is 11.5 Å². The number of hydrogen-bond acceptors (Lipinski definition) is 6. The van der Waals surface area contributed by atoms with Crippen molar-refractivity contribution in [2.45, 2.75) is 31.4 Å². The summed E-state index contributed by atoms with van der Waals surface area (Å²) in [6, 6.07) is 6.72. The summed E-state index contributed by atoms with van der Waals surface area (Å²) in [7, 11) is 1.41. The summed E-state index contributed by atoms with van der Waals surface area (Å²) in [5, 5.41) is 9.06. The maximum atomic E-state index is 12.4. The molecule has 0 atom stereocenters. The first-order valence-electron chi connectivity index (χ1n) is 7.42. The number of aromatic nitrogens is 4. The third kappa shape index (κ3) is 3.81. The van der Waals surface area contributed by atoms with Crippen LogP contribution in [0.1, 0.15) is 17.1 Å². The SMILES string of the molecule is COc1cc(CSc2nnc3cc(C)nc(C)n23)ccc1OC(F)F. The van der Waals surface area contributed by atoms with Gasteiger partial charge in [0.05, 0.1) is 7.11 Å². The summed E-state index contributed by atoms with van der Waals surface area (Å²) in [4.78, 5) is 4.42. The molecule has 0 aliphatic carbocycles. The summed E-state index contributed by atoms with van der Waals surface area (Å²) >= 11 is 1.47. The lowest BCUT2D eigenvalue weighted by Gasteiger charge is -2.11. The van der Waals surface area contributed by atoms with Crippen molar-refractivity contribution in [1.82, 2.24) is 19.6 Å². The van der Waals surface area contributed by atoms with Crippen LogP contribution in [0.4, 0.5) is 8.78 Å². The molecule has 9 heteroatoms. The minimum atomic E-state index is -2.89. The van der Waals surface area contributed by atoms with E-state index in [0.29, 0.717) is 10.9 Å². The quantitative estimate of drug-likeness (QED) is 0.621. The second-order valence-electron chi connectivity index (χ2n) is 5.27. The average molecular weight is 366 g/mol. The topological polar surface area (TPSA) is 61.5 Å². The third-order valence-corrected chi connectivity index (χ3v) is 4.47. The lowest BCUT2D eigenvalue weighted by atomic mass is 10.2. The summed E-state index contributed by atoms with van der Waals surface area (Å²) in [5.74, 6) is 1.65. The fourth-order valence-corrected chi connectivity index (χ4v) is 3.37. The Morgan fingerprint density at radius 2 is 1.96 bits per heavy atom. The van der Waals surface area contributed by atoms with Gasteiger partial charge in [0, 0.05) is 17.5 Å². The van der Waals surface area contributed by atoms with Crippen LogP contribution in [0.2, 0.25) is 0 Å². The van der Waals surface area contributed by atoms with Gasteiger partial charge < -0.3 is 9.47 Å². The Kier molecular flexibility index (Phi) is 5.03. The Bertz CT molecular complexity index is 901. The van der Waals surface area contributed by atoms with Crippen molar-refractivity contribution < 1.29 is 18.3 Å². The number of aryl methyl sites for hydroxylation is 2. The highest BCUT2D eigenvalue weighted by Crippen LogP contribution is 2.32.